The Morgan fingerprint density at radius 2 is 1.96 bits per heavy atom. The van der Waals surface area contributed by atoms with Crippen molar-refractivity contribution < 1.29 is 14.8 Å². The predicted octanol–water partition coefficient (Wildman–Crippen LogP) is 3.81. The van der Waals surface area contributed by atoms with Crippen LogP contribution in [0.5, 0.6) is 0 Å². The predicted molar refractivity (Wildman–Crippen MR) is 85.5 cm³/mol. The fraction of sp³-hybridized carbons (Fsp3) is 0.200. The highest BCUT2D eigenvalue weighted by Crippen LogP contribution is 2.30. The van der Waals surface area contributed by atoms with Gasteiger partial charge in [-0.25, -0.2) is 9.78 Å². The third kappa shape index (κ3) is 3.75. The van der Waals surface area contributed by atoms with Gasteiger partial charge in [-0.15, -0.1) is 0 Å². The minimum absolute atomic E-state index is 0.176. The maximum atomic E-state index is 10.8. The average molecular weight is 336 g/mol. The summed E-state index contributed by atoms with van der Waals surface area (Å²) >= 11 is 6.05. The van der Waals surface area contributed by atoms with Crippen molar-refractivity contribution in [1.82, 2.24) is 10.3 Å². The van der Waals surface area contributed by atoms with Crippen LogP contribution in [-0.4, -0.2) is 21.1 Å². The smallest absolute Gasteiger partial charge is 0.405 e. The zero-order valence-corrected chi connectivity index (χ0v) is 13.2. The van der Waals surface area contributed by atoms with Gasteiger partial charge in [-0.2, -0.15) is 0 Å². The molecule has 2 aromatic rings. The van der Waals surface area contributed by atoms with E-state index in [2.05, 4.69) is 10.3 Å². The number of pyridine rings is 1. The molecule has 1 aromatic carbocycles. The van der Waals surface area contributed by atoms with Crippen LogP contribution in [0.4, 0.5) is 10.5 Å². The SMILES string of the molecule is CC(C)(NC(=O)O)c1ccc(-c2ncc([N+](=O)[O-])cc2Cl)cc1. The quantitative estimate of drug-likeness (QED) is 0.652. The average Bonchev–Trinajstić information content (AvgIpc) is 2.46. The molecule has 8 heteroatoms. The summed E-state index contributed by atoms with van der Waals surface area (Å²) < 4.78 is 0. The Labute approximate surface area is 137 Å². The molecule has 1 heterocycles. The van der Waals surface area contributed by atoms with E-state index < -0.39 is 16.6 Å². The van der Waals surface area contributed by atoms with Crippen molar-refractivity contribution in [3.8, 4) is 11.3 Å². The number of benzene rings is 1. The van der Waals surface area contributed by atoms with Crippen LogP contribution in [0.25, 0.3) is 11.3 Å². The van der Waals surface area contributed by atoms with E-state index in [4.69, 9.17) is 16.7 Å². The topological polar surface area (TPSA) is 105 Å². The lowest BCUT2D eigenvalue weighted by Crippen LogP contribution is -2.39. The molecule has 0 aliphatic carbocycles. The maximum Gasteiger partial charge on any atom is 0.405 e. The van der Waals surface area contributed by atoms with E-state index in [-0.39, 0.29) is 10.7 Å². The third-order valence-electron chi connectivity index (χ3n) is 3.34. The van der Waals surface area contributed by atoms with Crippen molar-refractivity contribution in [1.29, 1.82) is 0 Å². The first-order valence-electron chi connectivity index (χ1n) is 6.62. The number of carbonyl (C=O) groups is 1. The molecule has 0 saturated carbocycles. The molecule has 0 fully saturated rings. The van der Waals surface area contributed by atoms with E-state index >= 15 is 0 Å². The van der Waals surface area contributed by atoms with Crippen LogP contribution in [0.2, 0.25) is 5.02 Å². The lowest BCUT2D eigenvalue weighted by Gasteiger charge is -2.25. The van der Waals surface area contributed by atoms with Crippen molar-refractivity contribution in [2.45, 2.75) is 19.4 Å². The van der Waals surface area contributed by atoms with E-state index in [0.29, 0.717) is 11.3 Å². The molecule has 0 unspecified atom stereocenters. The number of hydrogen-bond acceptors (Lipinski definition) is 4. The van der Waals surface area contributed by atoms with Gasteiger partial charge in [0.05, 0.1) is 21.2 Å². The Bertz CT molecular complexity index is 760. The molecule has 0 aliphatic heterocycles. The van der Waals surface area contributed by atoms with Gasteiger partial charge in [0.1, 0.15) is 6.20 Å². The van der Waals surface area contributed by atoms with Crippen molar-refractivity contribution in [3.63, 3.8) is 0 Å². The lowest BCUT2D eigenvalue weighted by atomic mass is 9.93. The molecule has 23 heavy (non-hydrogen) atoms. The van der Waals surface area contributed by atoms with E-state index in [1.807, 2.05) is 0 Å². The molecule has 0 atom stereocenters. The standard InChI is InChI=1S/C15H14ClN3O4/c1-15(2,18-14(20)21)10-5-3-9(4-6-10)13-12(16)7-11(8-17-13)19(22)23/h3-8,18H,1-2H3,(H,20,21). The number of hydrogen-bond donors (Lipinski definition) is 2. The van der Waals surface area contributed by atoms with Crippen LogP contribution in [0.3, 0.4) is 0 Å². The van der Waals surface area contributed by atoms with Crippen LogP contribution < -0.4 is 5.32 Å². The highest BCUT2D eigenvalue weighted by molar-refractivity contribution is 6.33. The van der Waals surface area contributed by atoms with Crippen molar-refractivity contribution in [2.24, 2.45) is 0 Å². The summed E-state index contributed by atoms with van der Waals surface area (Å²) in [6, 6.07) is 8.23. The van der Waals surface area contributed by atoms with E-state index in [9.17, 15) is 14.9 Å². The second-order valence-corrected chi connectivity index (χ2v) is 5.82. The normalized spacial score (nSPS) is 11.1. The fourth-order valence-corrected chi connectivity index (χ4v) is 2.39. The van der Waals surface area contributed by atoms with Gasteiger partial charge in [-0.05, 0) is 19.4 Å². The van der Waals surface area contributed by atoms with Crippen molar-refractivity contribution >= 4 is 23.4 Å². The summed E-state index contributed by atoms with van der Waals surface area (Å²) in [5.41, 5.74) is 0.938. The highest BCUT2D eigenvalue weighted by atomic mass is 35.5. The third-order valence-corrected chi connectivity index (χ3v) is 3.63. The number of aromatic nitrogens is 1. The molecule has 1 amide bonds. The number of carboxylic acid groups (broad SMARTS) is 1. The second-order valence-electron chi connectivity index (χ2n) is 5.41. The van der Waals surface area contributed by atoms with E-state index in [0.717, 1.165) is 11.8 Å². The zero-order valence-electron chi connectivity index (χ0n) is 12.4. The molecule has 1 aromatic heterocycles. The summed E-state index contributed by atoms with van der Waals surface area (Å²) in [7, 11) is 0. The molecule has 0 bridgehead atoms. The minimum Gasteiger partial charge on any atom is -0.465 e. The zero-order chi connectivity index (χ0) is 17.2. The number of amides is 1. The second kappa shape index (κ2) is 6.21. The molecule has 0 aliphatic rings. The van der Waals surface area contributed by atoms with Gasteiger partial charge in [0.2, 0.25) is 0 Å². The van der Waals surface area contributed by atoms with Gasteiger partial charge < -0.3 is 10.4 Å². The number of rotatable bonds is 4. The molecule has 0 radical (unpaired) electrons. The highest BCUT2D eigenvalue weighted by Gasteiger charge is 2.22. The van der Waals surface area contributed by atoms with Gasteiger partial charge in [0, 0.05) is 11.6 Å². The van der Waals surface area contributed by atoms with Crippen LogP contribution in [-0.2, 0) is 5.54 Å². The van der Waals surface area contributed by atoms with Gasteiger partial charge in [-0.1, -0.05) is 35.9 Å². The van der Waals surface area contributed by atoms with Gasteiger partial charge in [0.15, 0.2) is 0 Å². The van der Waals surface area contributed by atoms with E-state index in [1.54, 1.807) is 38.1 Å². The fourth-order valence-electron chi connectivity index (χ4n) is 2.12. The largest absolute Gasteiger partial charge is 0.465 e. The summed E-state index contributed by atoms with van der Waals surface area (Å²) in [6.07, 6.45) is 0.0320. The lowest BCUT2D eigenvalue weighted by molar-refractivity contribution is -0.385. The number of nitrogens with zero attached hydrogens (tertiary/aromatic N) is 2. The molecule has 0 spiro atoms. The molecular formula is C15H14ClN3O4. The first kappa shape index (κ1) is 16.7. The first-order valence-corrected chi connectivity index (χ1v) is 7.00. The van der Waals surface area contributed by atoms with Crippen molar-refractivity contribution in [2.75, 3.05) is 0 Å². The van der Waals surface area contributed by atoms with Crippen LogP contribution in [0, 0.1) is 10.1 Å². The summed E-state index contributed by atoms with van der Waals surface area (Å²) in [6.45, 7) is 3.49. The Hall–Kier alpha value is -2.67. The maximum absolute atomic E-state index is 10.8. The van der Waals surface area contributed by atoms with Crippen molar-refractivity contribution in [3.05, 3.63) is 57.2 Å². The Morgan fingerprint density at radius 3 is 2.43 bits per heavy atom. The summed E-state index contributed by atoms with van der Waals surface area (Å²) in [5.74, 6) is 0. The molecular weight excluding hydrogens is 322 g/mol. The van der Waals surface area contributed by atoms with Crippen LogP contribution in [0.15, 0.2) is 36.5 Å². The van der Waals surface area contributed by atoms with Gasteiger partial charge in [0.25, 0.3) is 5.69 Å². The van der Waals surface area contributed by atoms with E-state index in [1.165, 1.54) is 6.07 Å². The van der Waals surface area contributed by atoms with Crippen LogP contribution in [0.1, 0.15) is 19.4 Å². The Morgan fingerprint density at radius 1 is 1.35 bits per heavy atom. The molecule has 2 N–H and O–H groups in total. The Balaban J connectivity index is 2.33. The number of nitro groups is 1. The van der Waals surface area contributed by atoms with Gasteiger partial charge >= 0.3 is 6.09 Å². The minimum atomic E-state index is -1.11. The molecule has 120 valence electrons. The molecule has 7 nitrogen and oxygen atoms in total. The summed E-state index contributed by atoms with van der Waals surface area (Å²) in [4.78, 5) is 25.0. The molecule has 2 rings (SSSR count). The first-order chi connectivity index (χ1) is 10.7. The summed E-state index contributed by atoms with van der Waals surface area (Å²) in [5, 5.41) is 22.2. The van der Waals surface area contributed by atoms with Gasteiger partial charge in [-0.3, -0.25) is 10.1 Å². The number of nitrogens with one attached hydrogen (secondary N) is 1. The Kier molecular flexibility index (Phi) is 4.51. The molecule has 0 saturated heterocycles. The van der Waals surface area contributed by atoms with Crippen LogP contribution >= 0.6 is 11.6 Å². The monoisotopic (exact) mass is 335 g/mol. The number of halogens is 1.